The first-order chi connectivity index (χ1) is 13.3. The van der Waals surface area contributed by atoms with Crippen LogP contribution in [0, 0.1) is 18.6 Å². The second kappa shape index (κ2) is 10.9. The molecule has 0 atom stereocenters. The van der Waals surface area contributed by atoms with Gasteiger partial charge in [0.05, 0.1) is 10.6 Å². The second-order valence-corrected chi connectivity index (χ2v) is 6.20. The smallest absolute Gasteiger partial charge is 0.269 e. The Morgan fingerprint density at radius 1 is 1.13 bits per heavy atom. The number of nitrogens with one attached hydrogen (secondary N) is 3. The van der Waals surface area contributed by atoms with Crippen LogP contribution in [-0.2, 0) is 6.54 Å². The maximum absolute atomic E-state index is 13.3. The fourth-order valence-corrected chi connectivity index (χ4v) is 2.59. The van der Waals surface area contributed by atoms with Crippen LogP contribution < -0.4 is 10.6 Å². The number of hydrogen-bond donors (Lipinski definition) is 3. The molecule has 2 heterocycles. The van der Waals surface area contributed by atoms with E-state index >= 15 is 0 Å². The molecule has 0 saturated carbocycles. The summed E-state index contributed by atoms with van der Waals surface area (Å²) in [7, 11) is 0. The minimum atomic E-state index is -1.21. The van der Waals surface area contributed by atoms with Crippen LogP contribution in [0.15, 0.2) is 36.5 Å². The number of aryl methyl sites for hydroxylation is 1. The monoisotopic (exact) mass is 477 g/mol. The maximum atomic E-state index is 13.3. The summed E-state index contributed by atoms with van der Waals surface area (Å²) in [5, 5.41) is 11.1. The first-order valence-electron chi connectivity index (χ1n) is 8.05. The predicted molar refractivity (Wildman–Crippen MR) is 113 cm³/mol. The van der Waals surface area contributed by atoms with Gasteiger partial charge in [-0.2, -0.15) is 5.10 Å². The summed E-state index contributed by atoms with van der Waals surface area (Å²) in [5.74, 6) is -3.59. The number of pyridine rings is 1. The number of anilines is 1. The Morgan fingerprint density at radius 2 is 1.83 bits per heavy atom. The number of rotatable bonds is 5. The molecule has 0 aliphatic heterocycles. The number of hydrogen-bond acceptors (Lipinski definition) is 4. The van der Waals surface area contributed by atoms with Gasteiger partial charge in [0.2, 0.25) is 0 Å². The molecule has 3 N–H and O–H groups in total. The summed E-state index contributed by atoms with van der Waals surface area (Å²) in [4.78, 5) is 28.5. The third-order valence-electron chi connectivity index (χ3n) is 3.87. The standard InChI is InChI=1S/C18H14ClF2N5O2.2ClH/c1-9-10(3-2-4-22-9)8-23-18(28)15-7-16(26-25-15)24-17(27)11-5-13(20)14(21)6-12(11)19;;/h2-7H,8H2,1H3,(H,23,28)(H2,24,25,26,27);2*1H. The Bertz CT molecular complexity index is 1060. The van der Waals surface area contributed by atoms with Crippen LogP contribution in [0.25, 0.3) is 0 Å². The highest BCUT2D eigenvalue weighted by atomic mass is 35.5. The molecule has 7 nitrogen and oxygen atoms in total. The van der Waals surface area contributed by atoms with Gasteiger partial charge >= 0.3 is 0 Å². The predicted octanol–water partition coefficient (Wildman–Crippen LogP) is 4.07. The molecule has 2 amide bonds. The second-order valence-electron chi connectivity index (χ2n) is 5.80. The Labute approximate surface area is 187 Å². The van der Waals surface area contributed by atoms with Crippen molar-refractivity contribution >= 4 is 54.0 Å². The van der Waals surface area contributed by atoms with Gasteiger partial charge in [0, 0.05) is 24.5 Å². The summed E-state index contributed by atoms with van der Waals surface area (Å²) >= 11 is 5.77. The maximum Gasteiger partial charge on any atom is 0.269 e. The molecular weight excluding hydrogens is 463 g/mol. The van der Waals surface area contributed by atoms with Crippen LogP contribution in [0.4, 0.5) is 14.6 Å². The Kier molecular flexibility index (Phi) is 9.16. The number of carbonyl (C=O) groups excluding carboxylic acids is 2. The van der Waals surface area contributed by atoms with Gasteiger partial charge in [0.15, 0.2) is 17.5 Å². The zero-order valence-corrected chi connectivity index (χ0v) is 17.7. The lowest BCUT2D eigenvalue weighted by molar-refractivity contribution is 0.0945. The highest BCUT2D eigenvalue weighted by Gasteiger charge is 2.17. The Morgan fingerprint density at radius 3 is 2.53 bits per heavy atom. The molecule has 1 aromatic carbocycles. The van der Waals surface area contributed by atoms with Crippen LogP contribution in [0.5, 0.6) is 0 Å². The molecule has 0 fully saturated rings. The summed E-state index contributed by atoms with van der Waals surface area (Å²) in [6, 6.07) is 6.30. The number of aromatic nitrogens is 3. The lowest BCUT2D eigenvalue weighted by Crippen LogP contribution is -2.23. The Hall–Kier alpha value is -2.75. The number of aromatic amines is 1. The molecule has 12 heteroatoms. The van der Waals surface area contributed by atoms with Crippen molar-refractivity contribution in [1.29, 1.82) is 0 Å². The minimum absolute atomic E-state index is 0. The van der Waals surface area contributed by atoms with Crippen molar-refractivity contribution in [2.24, 2.45) is 0 Å². The van der Waals surface area contributed by atoms with Gasteiger partial charge in [0.25, 0.3) is 11.8 Å². The third kappa shape index (κ3) is 5.88. The molecule has 0 spiro atoms. The zero-order chi connectivity index (χ0) is 20.3. The van der Waals surface area contributed by atoms with Crippen molar-refractivity contribution in [2.75, 3.05) is 5.32 Å². The van der Waals surface area contributed by atoms with E-state index in [4.69, 9.17) is 11.6 Å². The molecule has 0 aliphatic carbocycles. The van der Waals surface area contributed by atoms with Crippen molar-refractivity contribution < 1.29 is 18.4 Å². The number of benzene rings is 1. The summed E-state index contributed by atoms with van der Waals surface area (Å²) in [5.41, 5.74) is 1.50. The highest BCUT2D eigenvalue weighted by molar-refractivity contribution is 6.34. The lowest BCUT2D eigenvalue weighted by Gasteiger charge is -2.06. The van der Waals surface area contributed by atoms with Crippen LogP contribution in [-0.4, -0.2) is 27.0 Å². The first kappa shape index (κ1) is 25.3. The number of nitrogens with zero attached hydrogens (tertiary/aromatic N) is 2. The van der Waals surface area contributed by atoms with Gasteiger partial charge in [-0.1, -0.05) is 17.7 Å². The molecule has 0 radical (unpaired) electrons. The normalized spacial score (nSPS) is 9.87. The fraction of sp³-hybridized carbons (Fsp3) is 0.111. The van der Waals surface area contributed by atoms with E-state index in [2.05, 4.69) is 25.8 Å². The topological polar surface area (TPSA) is 99.8 Å². The molecule has 3 rings (SSSR count). The molecule has 160 valence electrons. The Balaban J connectivity index is 0.00000225. The van der Waals surface area contributed by atoms with Crippen molar-refractivity contribution in [2.45, 2.75) is 13.5 Å². The average molecular weight is 479 g/mol. The zero-order valence-electron chi connectivity index (χ0n) is 15.3. The third-order valence-corrected chi connectivity index (χ3v) is 4.19. The van der Waals surface area contributed by atoms with Crippen LogP contribution in [0.1, 0.15) is 32.1 Å². The molecule has 0 bridgehead atoms. The lowest BCUT2D eigenvalue weighted by atomic mass is 10.2. The number of H-pyrrole nitrogens is 1. The average Bonchev–Trinajstić information content (AvgIpc) is 3.12. The summed E-state index contributed by atoms with van der Waals surface area (Å²) < 4.78 is 26.4. The SMILES string of the molecule is Cc1ncccc1CNC(=O)c1cc(NC(=O)c2cc(F)c(F)cc2Cl)n[nH]1.Cl.Cl. The van der Waals surface area contributed by atoms with Crippen LogP contribution >= 0.6 is 36.4 Å². The molecule has 0 unspecified atom stereocenters. The molecule has 0 saturated heterocycles. The number of amides is 2. The largest absolute Gasteiger partial charge is 0.347 e. The van der Waals surface area contributed by atoms with Gasteiger partial charge in [-0.15, -0.1) is 24.8 Å². The number of carbonyl (C=O) groups is 2. The quantitative estimate of drug-likeness (QED) is 0.481. The summed E-state index contributed by atoms with van der Waals surface area (Å²) in [6.45, 7) is 2.10. The van der Waals surface area contributed by atoms with E-state index in [9.17, 15) is 18.4 Å². The van der Waals surface area contributed by atoms with Gasteiger partial charge in [0.1, 0.15) is 5.69 Å². The molecule has 3 aromatic rings. The van der Waals surface area contributed by atoms with Crippen molar-refractivity contribution in [1.82, 2.24) is 20.5 Å². The van der Waals surface area contributed by atoms with E-state index in [-0.39, 0.29) is 53.5 Å². The van der Waals surface area contributed by atoms with E-state index in [1.807, 2.05) is 13.0 Å². The van der Waals surface area contributed by atoms with Crippen LogP contribution in [0.2, 0.25) is 5.02 Å². The fourth-order valence-electron chi connectivity index (χ4n) is 2.36. The van der Waals surface area contributed by atoms with E-state index in [0.29, 0.717) is 12.1 Å². The van der Waals surface area contributed by atoms with Gasteiger partial charge in [-0.25, -0.2) is 8.78 Å². The van der Waals surface area contributed by atoms with Crippen molar-refractivity contribution in [3.8, 4) is 0 Å². The van der Waals surface area contributed by atoms with E-state index in [1.165, 1.54) is 6.07 Å². The molecule has 2 aromatic heterocycles. The van der Waals surface area contributed by atoms with Gasteiger partial charge < -0.3 is 10.6 Å². The van der Waals surface area contributed by atoms with E-state index < -0.39 is 23.4 Å². The molecule has 0 aliphatic rings. The van der Waals surface area contributed by atoms with Crippen molar-refractivity contribution in [3.63, 3.8) is 0 Å². The van der Waals surface area contributed by atoms with Crippen molar-refractivity contribution in [3.05, 3.63) is 75.7 Å². The highest BCUT2D eigenvalue weighted by Crippen LogP contribution is 2.21. The number of halogens is 5. The van der Waals surface area contributed by atoms with E-state index in [1.54, 1.807) is 12.3 Å². The minimum Gasteiger partial charge on any atom is -0.347 e. The molecular formula is C18H16Cl3F2N5O2. The van der Waals surface area contributed by atoms with Crippen LogP contribution in [0.3, 0.4) is 0 Å². The molecule has 30 heavy (non-hydrogen) atoms. The van der Waals surface area contributed by atoms with Gasteiger partial charge in [-0.3, -0.25) is 19.7 Å². The first-order valence-corrected chi connectivity index (χ1v) is 8.43. The van der Waals surface area contributed by atoms with Gasteiger partial charge in [-0.05, 0) is 30.7 Å². The van der Waals surface area contributed by atoms with E-state index in [0.717, 1.165) is 11.3 Å². The summed E-state index contributed by atoms with van der Waals surface area (Å²) in [6.07, 6.45) is 1.66.